The highest BCUT2D eigenvalue weighted by atomic mass is 16.5. The van der Waals surface area contributed by atoms with E-state index in [1.807, 2.05) is 36.1 Å². The summed E-state index contributed by atoms with van der Waals surface area (Å²) < 4.78 is 5.33. The first-order valence-corrected chi connectivity index (χ1v) is 11.2. The van der Waals surface area contributed by atoms with Gasteiger partial charge < -0.3 is 14.6 Å². The SMILES string of the molecule is COc1ccc2nc([C@@H]3CCCN3C(=O)c3cnc(C)nc3-c3ccc(C)c(C)c3)[nH]c2c1. The van der Waals surface area contributed by atoms with Crippen molar-refractivity contribution in [3.63, 3.8) is 0 Å². The van der Waals surface area contributed by atoms with Gasteiger partial charge in [0, 0.05) is 24.4 Å². The van der Waals surface area contributed by atoms with E-state index in [1.54, 1.807) is 13.3 Å². The lowest BCUT2D eigenvalue weighted by atomic mass is 10.0. The fourth-order valence-electron chi connectivity index (χ4n) is 4.48. The fourth-order valence-corrected chi connectivity index (χ4v) is 4.48. The maximum Gasteiger partial charge on any atom is 0.258 e. The third-order valence-electron chi connectivity index (χ3n) is 6.46. The van der Waals surface area contributed by atoms with Crippen LogP contribution in [0, 0.1) is 20.8 Å². The van der Waals surface area contributed by atoms with Gasteiger partial charge in [-0.3, -0.25) is 4.79 Å². The molecule has 0 saturated carbocycles. The number of aryl methyl sites for hydroxylation is 3. The van der Waals surface area contributed by atoms with Crippen LogP contribution in [0.5, 0.6) is 5.75 Å². The summed E-state index contributed by atoms with van der Waals surface area (Å²) >= 11 is 0. The smallest absolute Gasteiger partial charge is 0.258 e. The summed E-state index contributed by atoms with van der Waals surface area (Å²) in [6.45, 7) is 6.67. The van der Waals surface area contributed by atoms with Gasteiger partial charge in [0.1, 0.15) is 17.4 Å². The van der Waals surface area contributed by atoms with E-state index < -0.39 is 0 Å². The van der Waals surface area contributed by atoms with Crippen LogP contribution in [0.4, 0.5) is 0 Å². The maximum atomic E-state index is 13.8. The number of aromatic nitrogens is 4. The van der Waals surface area contributed by atoms with Crippen molar-refractivity contribution < 1.29 is 9.53 Å². The van der Waals surface area contributed by atoms with E-state index in [0.717, 1.165) is 41.0 Å². The number of amides is 1. The largest absolute Gasteiger partial charge is 0.497 e. The molecule has 1 N–H and O–H groups in total. The highest BCUT2D eigenvalue weighted by molar-refractivity contribution is 6.00. The third kappa shape index (κ3) is 3.84. The molecule has 5 rings (SSSR count). The topological polar surface area (TPSA) is 84.0 Å². The number of aromatic amines is 1. The van der Waals surface area contributed by atoms with Crippen molar-refractivity contribution in [2.24, 2.45) is 0 Å². The number of carbonyl (C=O) groups is 1. The summed E-state index contributed by atoms with van der Waals surface area (Å²) in [6, 6.07) is 11.8. The first-order chi connectivity index (χ1) is 15.9. The molecular weight excluding hydrogens is 414 g/mol. The molecule has 1 amide bonds. The minimum Gasteiger partial charge on any atom is -0.497 e. The second kappa shape index (κ2) is 8.31. The summed E-state index contributed by atoms with van der Waals surface area (Å²) in [5, 5.41) is 0. The average molecular weight is 442 g/mol. The number of hydrogen-bond donors (Lipinski definition) is 1. The molecule has 168 valence electrons. The number of methoxy groups -OCH3 is 1. The number of nitrogens with zero attached hydrogens (tertiary/aromatic N) is 4. The van der Waals surface area contributed by atoms with Crippen molar-refractivity contribution in [2.45, 2.75) is 39.7 Å². The number of benzene rings is 2. The Morgan fingerprint density at radius 3 is 2.73 bits per heavy atom. The molecule has 1 saturated heterocycles. The lowest BCUT2D eigenvalue weighted by Crippen LogP contribution is -2.32. The van der Waals surface area contributed by atoms with Gasteiger partial charge in [0.25, 0.3) is 5.91 Å². The molecule has 0 spiro atoms. The Bertz CT molecular complexity index is 1360. The van der Waals surface area contributed by atoms with Gasteiger partial charge in [0.15, 0.2) is 0 Å². The molecule has 7 nitrogen and oxygen atoms in total. The molecule has 1 aliphatic heterocycles. The summed E-state index contributed by atoms with van der Waals surface area (Å²) in [5.41, 5.74) is 6.26. The van der Waals surface area contributed by atoms with Crippen LogP contribution in [-0.4, -0.2) is 44.4 Å². The molecule has 4 aromatic rings. The highest BCUT2D eigenvalue weighted by Crippen LogP contribution is 2.35. The van der Waals surface area contributed by atoms with Gasteiger partial charge in [-0.15, -0.1) is 0 Å². The van der Waals surface area contributed by atoms with E-state index in [9.17, 15) is 4.79 Å². The van der Waals surface area contributed by atoms with E-state index in [-0.39, 0.29) is 11.9 Å². The van der Waals surface area contributed by atoms with Crippen LogP contribution in [0.3, 0.4) is 0 Å². The number of fused-ring (bicyclic) bond motifs is 1. The predicted octanol–water partition coefficient (Wildman–Crippen LogP) is 4.93. The monoisotopic (exact) mass is 441 g/mol. The van der Waals surface area contributed by atoms with Crippen molar-refractivity contribution in [2.75, 3.05) is 13.7 Å². The lowest BCUT2D eigenvalue weighted by Gasteiger charge is -2.24. The van der Waals surface area contributed by atoms with Crippen molar-refractivity contribution >= 4 is 16.9 Å². The Balaban J connectivity index is 1.52. The molecule has 2 aromatic carbocycles. The Hall–Kier alpha value is -3.74. The van der Waals surface area contributed by atoms with Crippen LogP contribution < -0.4 is 4.74 Å². The van der Waals surface area contributed by atoms with Gasteiger partial charge >= 0.3 is 0 Å². The maximum absolute atomic E-state index is 13.8. The molecule has 0 bridgehead atoms. The van der Waals surface area contributed by atoms with Gasteiger partial charge in [-0.2, -0.15) is 0 Å². The van der Waals surface area contributed by atoms with Crippen LogP contribution in [0.1, 0.15) is 52.0 Å². The number of ether oxygens (including phenoxy) is 1. The minimum absolute atomic E-state index is 0.0660. The number of H-pyrrole nitrogens is 1. The molecule has 0 aliphatic carbocycles. The summed E-state index contributed by atoms with van der Waals surface area (Å²) in [6.07, 6.45) is 3.44. The Morgan fingerprint density at radius 1 is 1.09 bits per heavy atom. The molecule has 7 heteroatoms. The fraction of sp³-hybridized carbons (Fsp3) is 0.308. The van der Waals surface area contributed by atoms with Gasteiger partial charge in [0.2, 0.25) is 0 Å². The van der Waals surface area contributed by atoms with Crippen molar-refractivity contribution in [3.8, 4) is 17.0 Å². The zero-order valence-electron chi connectivity index (χ0n) is 19.3. The highest BCUT2D eigenvalue weighted by Gasteiger charge is 2.34. The number of rotatable bonds is 4. The summed E-state index contributed by atoms with van der Waals surface area (Å²) in [4.78, 5) is 32.9. The van der Waals surface area contributed by atoms with Crippen LogP contribution in [0.2, 0.25) is 0 Å². The van der Waals surface area contributed by atoms with Crippen molar-refractivity contribution in [1.82, 2.24) is 24.8 Å². The van der Waals surface area contributed by atoms with Gasteiger partial charge in [-0.05, 0) is 62.9 Å². The molecule has 2 aromatic heterocycles. The van der Waals surface area contributed by atoms with Crippen LogP contribution in [0.15, 0.2) is 42.6 Å². The van der Waals surface area contributed by atoms with Crippen LogP contribution in [-0.2, 0) is 0 Å². The normalized spacial score (nSPS) is 15.9. The van der Waals surface area contributed by atoms with E-state index in [0.29, 0.717) is 23.6 Å². The summed E-state index contributed by atoms with van der Waals surface area (Å²) in [5.74, 6) is 2.14. The lowest BCUT2D eigenvalue weighted by molar-refractivity contribution is 0.0730. The van der Waals surface area contributed by atoms with Crippen molar-refractivity contribution in [3.05, 3.63) is 70.9 Å². The van der Waals surface area contributed by atoms with E-state index >= 15 is 0 Å². The molecule has 0 radical (unpaired) electrons. The predicted molar refractivity (Wildman–Crippen MR) is 127 cm³/mol. The van der Waals surface area contributed by atoms with Crippen LogP contribution in [0.25, 0.3) is 22.3 Å². The Kier molecular flexibility index (Phi) is 5.32. The molecule has 1 aliphatic rings. The third-order valence-corrected chi connectivity index (χ3v) is 6.46. The molecule has 0 unspecified atom stereocenters. The van der Waals surface area contributed by atoms with Crippen LogP contribution >= 0.6 is 0 Å². The molecule has 1 fully saturated rings. The standard InChI is InChI=1S/C26H27N5O2/c1-15-7-8-18(12-16(15)2)24-20(14-27-17(3)28-24)26(32)31-11-5-6-23(31)25-29-21-10-9-19(33-4)13-22(21)30-25/h7-10,12-14,23H,5-6,11H2,1-4H3,(H,29,30)/t23-/m0/s1. The van der Waals surface area contributed by atoms with E-state index in [4.69, 9.17) is 9.72 Å². The first-order valence-electron chi connectivity index (χ1n) is 11.2. The van der Waals surface area contributed by atoms with E-state index in [2.05, 4.69) is 40.9 Å². The average Bonchev–Trinajstić information content (AvgIpc) is 3.46. The zero-order chi connectivity index (χ0) is 23.1. The molecule has 33 heavy (non-hydrogen) atoms. The van der Waals surface area contributed by atoms with Gasteiger partial charge in [-0.25, -0.2) is 15.0 Å². The quantitative estimate of drug-likeness (QED) is 0.485. The first kappa shape index (κ1) is 21.1. The number of likely N-dealkylation sites (tertiary alicyclic amines) is 1. The Labute approximate surface area is 192 Å². The van der Waals surface area contributed by atoms with E-state index in [1.165, 1.54) is 11.1 Å². The molecular formula is C26H27N5O2. The zero-order valence-corrected chi connectivity index (χ0v) is 19.3. The minimum atomic E-state index is -0.121. The Morgan fingerprint density at radius 2 is 1.94 bits per heavy atom. The number of imidazole rings is 1. The van der Waals surface area contributed by atoms with Gasteiger partial charge in [-0.1, -0.05) is 12.1 Å². The van der Waals surface area contributed by atoms with Crippen molar-refractivity contribution in [1.29, 1.82) is 0 Å². The summed E-state index contributed by atoms with van der Waals surface area (Å²) in [7, 11) is 1.65. The molecule has 1 atom stereocenters. The van der Waals surface area contributed by atoms with Gasteiger partial charge in [0.05, 0.1) is 35.4 Å². The number of hydrogen-bond acceptors (Lipinski definition) is 5. The second-order valence-corrected chi connectivity index (χ2v) is 8.64. The molecule has 3 heterocycles. The number of carbonyl (C=O) groups excluding carboxylic acids is 1. The second-order valence-electron chi connectivity index (χ2n) is 8.64. The number of nitrogens with one attached hydrogen (secondary N) is 1.